The minimum atomic E-state index is -4.99. The number of rotatable bonds is 1. The van der Waals surface area contributed by atoms with E-state index in [0.29, 0.717) is 54.2 Å². The van der Waals surface area contributed by atoms with Gasteiger partial charge in [0.25, 0.3) is 5.91 Å². The number of pyridine rings is 1. The van der Waals surface area contributed by atoms with Gasteiger partial charge in [0, 0.05) is 36.5 Å². The molecule has 0 unspecified atom stereocenters. The first-order chi connectivity index (χ1) is 17.1. The summed E-state index contributed by atoms with van der Waals surface area (Å²) in [5, 5.41) is 3.31. The number of carbonyl (C=O) groups excluding carboxylic acids is 1. The lowest BCUT2D eigenvalue weighted by Crippen LogP contribution is -2.46. The largest absolute Gasteiger partial charge is 0.419 e. The molecule has 0 fully saturated rings. The molecule has 11 heteroatoms. The molecule has 188 valence electrons. The summed E-state index contributed by atoms with van der Waals surface area (Å²) in [6.07, 6.45) is -4.15. The first-order valence-electron chi connectivity index (χ1n) is 11.3. The first kappa shape index (κ1) is 24.0. The van der Waals surface area contributed by atoms with Crippen molar-refractivity contribution in [2.24, 2.45) is 0 Å². The number of benzene rings is 2. The van der Waals surface area contributed by atoms with Gasteiger partial charge in [-0.25, -0.2) is 8.78 Å². The van der Waals surface area contributed by atoms with Crippen LogP contribution in [0.15, 0.2) is 47.3 Å². The summed E-state index contributed by atoms with van der Waals surface area (Å²) in [5.41, 5.74) is -0.671. The topological polar surface area (TPSA) is 68.4 Å². The second-order valence-electron chi connectivity index (χ2n) is 8.70. The zero-order valence-corrected chi connectivity index (χ0v) is 19.0. The van der Waals surface area contributed by atoms with Gasteiger partial charge in [-0.3, -0.25) is 14.5 Å². The van der Waals surface area contributed by atoms with E-state index in [4.69, 9.17) is 0 Å². The van der Waals surface area contributed by atoms with Gasteiger partial charge in [-0.1, -0.05) is 6.92 Å². The molecule has 2 bridgehead atoms. The fourth-order valence-electron chi connectivity index (χ4n) is 4.84. The standard InChI is InChI=1S/C25H21F5N4O2/c1-2-18-14-9-13(26)3-4-20(14)33-12-34(21-5-6-23(35)32-19(21)7-8-31-18)24(36)15-10-17(27)16(11-22(15)33)25(28,29)30/h3-6,9-11,18,31H,2,7-8,12H2,1H3,(H,32,35)/t18-/m0/s1. The molecule has 0 saturated heterocycles. The summed E-state index contributed by atoms with van der Waals surface area (Å²) in [7, 11) is 0. The number of hydrogen-bond donors (Lipinski definition) is 2. The zero-order chi connectivity index (χ0) is 25.8. The predicted molar refractivity (Wildman–Crippen MR) is 123 cm³/mol. The molecule has 36 heavy (non-hydrogen) atoms. The number of carbonyl (C=O) groups is 1. The molecule has 6 nitrogen and oxygen atoms in total. The zero-order valence-electron chi connectivity index (χ0n) is 19.0. The minimum Gasteiger partial charge on any atom is -0.324 e. The molecule has 0 aliphatic carbocycles. The Bertz CT molecular complexity index is 1420. The van der Waals surface area contributed by atoms with Gasteiger partial charge in [-0.15, -0.1) is 0 Å². The van der Waals surface area contributed by atoms with Crippen molar-refractivity contribution in [2.75, 3.05) is 23.0 Å². The highest BCUT2D eigenvalue weighted by molar-refractivity contribution is 6.13. The van der Waals surface area contributed by atoms with Crippen LogP contribution >= 0.6 is 0 Å². The summed E-state index contributed by atoms with van der Waals surface area (Å²) in [4.78, 5) is 31.0. The van der Waals surface area contributed by atoms with Crippen LogP contribution < -0.4 is 20.7 Å². The monoisotopic (exact) mass is 504 g/mol. The van der Waals surface area contributed by atoms with E-state index in [9.17, 15) is 31.5 Å². The molecule has 3 aromatic rings. The normalized spacial score (nSPS) is 17.7. The Morgan fingerprint density at radius 3 is 2.44 bits per heavy atom. The van der Waals surface area contributed by atoms with Crippen molar-refractivity contribution < 1.29 is 26.7 Å². The minimum absolute atomic E-state index is 0.141. The quantitative estimate of drug-likeness (QED) is 0.457. The van der Waals surface area contributed by atoms with Crippen LogP contribution in [0.1, 0.15) is 46.6 Å². The van der Waals surface area contributed by atoms with Crippen LogP contribution in [-0.4, -0.2) is 24.1 Å². The lowest BCUT2D eigenvalue weighted by atomic mass is 9.98. The van der Waals surface area contributed by atoms with Gasteiger partial charge >= 0.3 is 6.18 Å². The number of hydrogen-bond acceptors (Lipinski definition) is 4. The number of aromatic nitrogens is 1. The van der Waals surface area contributed by atoms with Crippen molar-refractivity contribution in [1.29, 1.82) is 0 Å². The van der Waals surface area contributed by atoms with Crippen molar-refractivity contribution >= 4 is 23.0 Å². The maximum atomic E-state index is 14.6. The van der Waals surface area contributed by atoms with Crippen molar-refractivity contribution in [3.8, 4) is 0 Å². The van der Waals surface area contributed by atoms with Crippen LogP contribution in [0.5, 0.6) is 0 Å². The smallest absolute Gasteiger partial charge is 0.324 e. The molecule has 0 spiro atoms. The number of amides is 1. The highest BCUT2D eigenvalue weighted by atomic mass is 19.4. The van der Waals surface area contributed by atoms with Crippen molar-refractivity contribution in [3.63, 3.8) is 0 Å². The van der Waals surface area contributed by atoms with Crippen molar-refractivity contribution in [1.82, 2.24) is 10.3 Å². The number of H-pyrrole nitrogens is 1. The Hall–Kier alpha value is -3.73. The molecule has 1 atom stereocenters. The van der Waals surface area contributed by atoms with Crippen LogP contribution in [0, 0.1) is 11.6 Å². The molecule has 3 heterocycles. The average Bonchev–Trinajstić information content (AvgIpc) is 2.84. The number of nitrogens with zero attached hydrogens (tertiary/aromatic N) is 2. The Balaban J connectivity index is 1.82. The summed E-state index contributed by atoms with van der Waals surface area (Å²) in [6, 6.07) is 7.45. The van der Waals surface area contributed by atoms with Crippen LogP contribution in [-0.2, 0) is 12.6 Å². The Kier molecular flexibility index (Phi) is 5.82. The maximum absolute atomic E-state index is 14.6. The molecule has 2 aliphatic heterocycles. The van der Waals surface area contributed by atoms with E-state index >= 15 is 0 Å². The summed E-state index contributed by atoms with van der Waals surface area (Å²) in [6.45, 7) is 2.01. The van der Waals surface area contributed by atoms with E-state index in [2.05, 4.69) is 10.3 Å². The number of alkyl halides is 3. The SMILES string of the molecule is CC[C@@H]1NCCc2[nH]c(=O)ccc2N2CN(c3cc(C(F)(F)F)c(F)cc3C2=O)c2ccc(F)cc21. The molecular formula is C25H21F5N4O2. The lowest BCUT2D eigenvalue weighted by molar-refractivity contribution is -0.139. The highest BCUT2D eigenvalue weighted by Crippen LogP contribution is 2.43. The summed E-state index contributed by atoms with van der Waals surface area (Å²) >= 11 is 0. The van der Waals surface area contributed by atoms with Gasteiger partial charge in [-0.05, 0) is 48.4 Å². The van der Waals surface area contributed by atoms with Gasteiger partial charge in [-0.2, -0.15) is 13.2 Å². The van der Waals surface area contributed by atoms with Crippen molar-refractivity contribution in [2.45, 2.75) is 32.0 Å². The van der Waals surface area contributed by atoms with Gasteiger partial charge in [0.1, 0.15) is 18.3 Å². The third kappa shape index (κ3) is 4.02. The average molecular weight is 504 g/mol. The molecular weight excluding hydrogens is 483 g/mol. The Labute approximate surface area is 202 Å². The van der Waals surface area contributed by atoms with Crippen LogP contribution in [0.2, 0.25) is 0 Å². The fourth-order valence-corrected chi connectivity index (χ4v) is 4.84. The van der Waals surface area contributed by atoms with E-state index in [-0.39, 0.29) is 29.5 Å². The van der Waals surface area contributed by atoms with Crippen LogP contribution in [0.4, 0.5) is 39.0 Å². The summed E-state index contributed by atoms with van der Waals surface area (Å²) in [5.74, 6) is -2.82. The fraction of sp³-hybridized carbons (Fsp3) is 0.280. The second kappa shape index (κ2) is 8.74. The number of nitrogens with one attached hydrogen (secondary N) is 2. The van der Waals surface area contributed by atoms with E-state index in [1.807, 2.05) is 6.92 Å². The molecule has 1 amide bonds. The van der Waals surface area contributed by atoms with E-state index in [1.165, 1.54) is 40.1 Å². The third-order valence-corrected chi connectivity index (χ3v) is 6.54. The van der Waals surface area contributed by atoms with Crippen molar-refractivity contribution in [3.05, 3.63) is 86.8 Å². The number of halogens is 5. The maximum Gasteiger partial charge on any atom is 0.419 e. The highest BCUT2D eigenvalue weighted by Gasteiger charge is 2.40. The van der Waals surface area contributed by atoms with E-state index in [0.717, 1.165) is 0 Å². The predicted octanol–water partition coefficient (Wildman–Crippen LogP) is 5.02. The second-order valence-corrected chi connectivity index (χ2v) is 8.70. The third-order valence-electron chi connectivity index (χ3n) is 6.54. The molecule has 2 N–H and O–H groups in total. The number of aromatic amines is 1. The summed E-state index contributed by atoms with van der Waals surface area (Å²) < 4.78 is 69.8. The number of anilines is 3. The molecule has 1 aromatic heterocycles. The van der Waals surface area contributed by atoms with Gasteiger partial charge < -0.3 is 15.2 Å². The van der Waals surface area contributed by atoms with Crippen LogP contribution in [0.3, 0.4) is 0 Å². The molecule has 0 saturated carbocycles. The van der Waals surface area contributed by atoms with E-state index in [1.54, 1.807) is 0 Å². The van der Waals surface area contributed by atoms with Crippen LogP contribution in [0.25, 0.3) is 0 Å². The molecule has 2 aromatic carbocycles. The lowest BCUT2D eigenvalue weighted by Gasteiger charge is -2.40. The number of fused-ring (bicyclic) bond motifs is 8. The van der Waals surface area contributed by atoms with E-state index < -0.39 is 29.3 Å². The Morgan fingerprint density at radius 2 is 1.72 bits per heavy atom. The van der Waals surface area contributed by atoms with Gasteiger partial charge in [0.15, 0.2) is 0 Å². The first-order valence-corrected chi connectivity index (χ1v) is 11.3. The van der Waals surface area contributed by atoms with Gasteiger partial charge in [0.05, 0.1) is 22.5 Å². The van der Waals surface area contributed by atoms with Gasteiger partial charge in [0.2, 0.25) is 5.56 Å². The Morgan fingerprint density at radius 1 is 0.972 bits per heavy atom. The molecule has 2 aliphatic rings. The molecule has 5 rings (SSSR count). The molecule has 0 radical (unpaired) electrons.